The van der Waals surface area contributed by atoms with Gasteiger partial charge in [-0.25, -0.2) is 18.4 Å². The van der Waals surface area contributed by atoms with Gasteiger partial charge in [0.15, 0.2) is 9.84 Å². The number of anilines is 5. The molecule has 0 aliphatic carbocycles. The zero-order chi connectivity index (χ0) is 43.0. The molecule has 8 rings (SSSR count). The molecule has 0 radical (unpaired) electrons. The number of piperidine rings is 2. The number of ether oxygens (including phenoxy) is 1. The van der Waals surface area contributed by atoms with E-state index in [0.29, 0.717) is 49.2 Å². The van der Waals surface area contributed by atoms with E-state index >= 15 is 0 Å². The van der Waals surface area contributed by atoms with Gasteiger partial charge < -0.3 is 25.2 Å². The zero-order valence-corrected chi connectivity index (χ0v) is 35.8. The Hall–Kier alpha value is -5.68. The molecule has 16 nitrogen and oxygen atoms in total. The maximum Gasteiger partial charge on any atom is 0.264 e. The minimum Gasteiger partial charge on any atom is -0.384 e. The van der Waals surface area contributed by atoms with Crippen LogP contribution in [-0.4, -0.2) is 115 Å². The van der Waals surface area contributed by atoms with Crippen LogP contribution in [-0.2, 0) is 24.2 Å². The minimum absolute atomic E-state index is 0.0101. The first-order valence-electron chi connectivity index (χ1n) is 21.2. The molecule has 2 aromatic heterocycles. The van der Waals surface area contributed by atoms with E-state index in [0.717, 1.165) is 47.3 Å². The minimum atomic E-state index is -3.35. The molecule has 0 spiro atoms. The van der Waals surface area contributed by atoms with Gasteiger partial charge in [-0.1, -0.05) is 26.0 Å². The van der Waals surface area contributed by atoms with E-state index in [9.17, 15) is 27.6 Å². The Morgan fingerprint density at radius 2 is 1.75 bits per heavy atom. The highest BCUT2D eigenvalue weighted by atomic mass is 32.2. The number of hydrogen-bond acceptors (Lipinski definition) is 14. The number of hydrogen-bond donors (Lipinski definition) is 3. The predicted octanol–water partition coefficient (Wildman–Crippen LogP) is 5.04. The van der Waals surface area contributed by atoms with Crippen molar-refractivity contribution in [2.45, 2.75) is 83.4 Å². The SMILES string of the molecule is COC1CCN(c2nccc(Nc3cc4c(C(C)C)ccc(N5C[C@H](CS(=O)(=O)CCCCNc6cccc7c6C(=O)N(C6CCC(=O)NC6=O)C7=O)[C@H]5C)c4cn3)n2)CC1. The van der Waals surface area contributed by atoms with Crippen LogP contribution in [0.1, 0.15) is 91.5 Å². The third kappa shape index (κ3) is 8.62. The predicted molar refractivity (Wildman–Crippen MR) is 233 cm³/mol. The normalized spacial score (nSPS) is 20.9. The second-order valence-electron chi connectivity index (χ2n) is 16.8. The van der Waals surface area contributed by atoms with Gasteiger partial charge in [-0.2, -0.15) is 4.98 Å². The molecule has 2 aromatic carbocycles. The Morgan fingerprint density at radius 3 is 2.49 bits per heavy atom. The van der Waals surface area contributed by atoms with E-state index in [4.69, 9.17) is 14.7 Å². The summed E-state index contributed by atoms with van der Waals surface area (Å²) < 4.78 is 32.2. The number of pyridine rings is 1. The Morgan fingerprint density at radius 1 is 0.951 bits per heavy atom. The summed E-state index contributed by atoms with van der Waals surface area (Å²) in [6.07, 6.45) is 6.86. The number of carbonyl (C=O) groups is 4. The molecule has 4 amide bonds. The number of nitrogens with one attached hydrogen (secondary N) is 3. The van der Waals surface area contributed by atoms with Crippen LogP contribution >= 0.6 is 0 Å². The fraction of sp³-hybridized carbons (Fsp3) is 0.477. The standard InChI is InChI=1S/C44H53N9O7S/c1-26(2)30-10-11-35(33-23-47-38(22-32(30)33)48-37-14-18-46-44(49-37)51-19-15-29(60-4)16-20-51)52-24-28(27(52)3)25-61(58,59)21-6-5-17-45-34-9-7-8-31-40(34)43(57)53(42(31)56)36-12-13-39(54)50-41(36)55/h7-11,14,18,22-23,26-29,36,45H,5-6,12-13,15-17,19-21,24-25H2,1-4H3,(H,50,54,55)(H,46,47,48,49)/t27-,28-,36?/m1/s1. The van der Waals surface area contributed by atoms with E-state index in [1.54, 1.807) is 31.5 Å². The number of fused-ring (bicyclic) bond motifs is 2. The second-order valence-corrected chi connectivity index (χ2v) is 19.0. The number of sulfone groups is 1. The highest BCUT2D eigenvalue weighted by Crippen LogP contribution is 2.40. The molecule has 0 saturated carbocycles. The number of methoxy groups -OCH3 is 1. The zero-order valence-electron chi connectivity index (χ0n) is 35.0. The van der Waals surface area contributed by atoms with Gasteiger partial charge in [0.25, 0.3) is 11.8 Å². The summed E-state index contributed by atoms with van der Waals surface area (Å²) in [5.74, 6) is 0.142. The number of benzene rings is 2. The summed E-state index contributed by atoms with van der Waals surface area (Å²) in [5.41, 5.74) is 3.04. The quantitative estimate of drug-likeness (QED) is 0.106. The second kappa shape index (κ2) is 17.4. The first-order valence-corrected chi connectivity index (χ1v) is 23.0. The number of rotatable bonds is 15. The first-order chi connectivity index (χ1) is 29.3. The Kier molecular flexibility index (Phi) is 12.0. The molecule has 322 valence electrons. The van der Waals surface area contributed by atoms with Crippen molar-refractivity contribution in [2.75, 3.05) is 65.2 Å². The van der Waals surface area contributed by atoms with Gasteiger partial charge in [-0.3, -0.25) is 29.4 Å². The van der Waals surface area contributed by atoms with E-state index in [-0.39, 0.29) is 59.5 Å². The van der Waals surface area contributed by atoms with E-state index < -0.39 is 39.5 Å². The fourth-order valence-corrected chi connectivity index (χ4v) is 10.8. The molecular formula is C44H53N9O7S. The summed E-state index contributed by atoms with van der Waals surface area (Å²) in [6, 6.07) is 12.0. The molecule has 4 aliphatic heterocycles. The van der Waals surface area contributed by atoms with E-state index in [1.165, 1.54) is 5.56 Å². The molecule has 3 atom stereocenters. The number of aromatic nitrogens is 3. The Labute approximate surface area is 355 Å². The van der Waals surface area contributed by atoms with Gasteiger partial charge in [0, 0.05) is 80.8 Å². The van der Waals surface area contributed by atoms with Gasteiger partial charge in [0.2, 0.25) is 17.8 Å². The Bertz CT molecular complexity index is 2470. The maximum absolute atomic E-state index is 13.4. The molecule has 61 heavy (non-hydrogen) atoms. The molecule has 4 aliphatic rings. The van der Waals surface area contributed by atoms with Gasteiger partial charge in [0.1, 0.15) is 17.7 Å². The molecule has 3 saturated heterocycles. The lowest BCUT2D eigenvalue weighted by Crippen LogP contribution is -2.57. The van der Waals surface area contributed by atoms with Crippen LogP contribution in [0, 0.1) is 5.92 Å². The van der Waals surface area contributed by atoms with Gasteiger partial charge in [0.05, 0.1) is 28.7 Å². The van der Waals surface area contributed by atoms with Crippen molar-refractivity contribution in [1.82, 2.24) is 25.2 Å². The summed E-state index contributed by atoms with van der Waals surface area (Å²) in [5, 5.41) is 10.9. The largest absolute Gasteiger partial charge is 0.384 e. The van der Waals surface area contributed by atoms with E-state index in [2.05, 4.69) is 69.7 Å². The van der Waals surface area contributed by atoms with Crippen molar-refractivity contribution in [3.63, 3.8) is 0 Å². The first kappa shape index (κ1) is 42.0. The Balaban J connectivity index is 0.855. The number of carbonyl (C=O) groups excluding carboxylic acids is 4. The molecule has 6 heterocycles. The average Bonchev–Trinajstić information content (AvgIpc) is 3.50. The van der Waals surface area contributed by atoms with Gasteiger partial charge in [-0.05, 0) is 86.2 Å². The highest BCUT2D eigenvalue weighted by molar-refractivity contribution is 7.91. The topological polar surface area (TPSA) is 196 Å². The lowest BCUT2D eigenvalue weighted by atomic mass is 9.88. The van der Waals surface area contributed by atoms with Crippen molar-refractivity contribution >= 4 is 73.2 Å². The van der Waals surface area contributed by atoms with Crippen LogP contribution in [0.2, 0.25) is 0 Å². The molecule has 17 heteroatoms. The van der Waals surface area contributed by atoms with Crippen LogP contribution in [0.25, 0.3) is 10.8 Å². The molecular weight excluding hydrogens is 799 g/mol. The van der Waals surface area contributed by atoms with E-state index in [1.807, 2.05) is 12.3 Å². The number of nitrogens with zero attached hydrogens (tertiary/aromatic N) is 6. The maximum atomic E-state index is 13.4. The highest BCUT2D eigenvalue weighted by Gasteiger charge is 2.46. The lowest BCUT2D eigenvalue weighted by Gasteiger charge is -2.48. The lowest BCUT2D eigenvalue weighted by molar-refractivity contribution is -0.136. The molecule has 3 fully saturated rings. The van der Waals surface area contributed by atoms with Crippen molar-refractivity contribution in [3.8, 4) is 0 Å². The summed E-state index contributed by atoms with van der Waals surface area (Å²) >= 11 is 0. The van der Waals surface area contributed by atoms with Crippen LogP contribution in [0.4, 0.5) is 29.0 Å². The van der Waals surface area contributed by atoms with Crippen LogP contribution in [0.3, 0.4) is 0 Å². The molecule has 1 unspecified atom stereocenters. The van der Waals surface area contributed by atoms with Crippen LogP contribution in [0.15, 0.2) is 54.9 Å². The van der Waals surface area contributed by atoms with Crippen molar-refractivity contribution < 1.29 is 32.3 Å². The van der Waals surface area contributed by atoms with Gasteiger partial charge in [-0.15, -0.1) is 0 Å². The van der Waals surface area contributed by atoms with Crippen LogP contribution < -0.4 is 25.8 Å². The van der Waals surface area contributed by atoms with Crippen LogP contribution in [0.5, 0.6) is 0 Å². The van der Waals surface area contributed by atoms with Crippen molar-refractivity contribution in [1.29, 1.82) is 0 Å². The molecule has 3 N–H and O–H groups in total. The molecule has 0 bridgehead atoms. The van der Waals surface area contributed by atoms with Gasteiger partial charge >= 0.3 is 0 Å². The average molecular weight is 852 g/mol. The third-order valence-electron chi connectivity index (χ3n) is 12.5. The third-order valence-corrected chi connectivity index (χ3v) is 14.4. The number of imide groups is 2. The molecule has 4 aromatic rings. The number of unbranched alkanes of at least 4 members (excludes halogenated alkanes) is 1. The fourth-order valence-electron chi connectivity index (χ4n) is 9.00. The van der Waals surface area contributed by atoms with Crippen molar-refractivity contribution in [2.24, 2.45) is 5.92 Å². The van der Waals surface area contributed by atoms with Crippen molar-refractivity contribution in [3.05, 3.63) is 71.5 Å². The smallest absolute Gasteiger partial charge is 0.264 e. The summed E-state index contributed by atoms with van der Waals surface area (Å²) in [7, 11) is -1.60. The number of amides is 4. The summed E-state index contributed by atoms with van der Waals surface area (Å²) in [6.45, 7) is 9.09. The summed E-state index contributed by atoms with van der Waals surface area (Å²) in [4.78, 5) is 70.2. The monoisotopic (exact) mass is 851 g/mol.